The number of nitrogens with one attached hydrogen (secondary N) is 1. The molecule has 0 fully saturated rings. The van der Waals surface area contributed by atoms with Crippen molar-refractivity contribution in [3.8, 4) is 0 Å². The zero-order valence-corrected chi connectivity index (χ0v) is 13.9. The van der Waals surface area contributed by atoms with Gasteiger partial charge in [0, 0.05) is 17.5 Å². The third-order valence-electron chi connectivity index (χ3n) is 3.11. The number of esters is 1. The van der Waals surface area contributed by atoms with Gasteiger partial charge in [0.2, 0.25) is 0 Å². The van der Waals surface area contributed by atoms with Crippen LogP contribution in [-0.4, -0.2) is 63.7 Å². The molecule has 0 amide bonds. The van der Waals surface area contributed by atoms with E-state index >= 15 is 0 Å². The van der Waals surface area contributed by atoms with Gasteiger partial charge >= 0.3 is 17.9 Å². The van der Waals surface area contributed by atoms with Gasteiger partial charge in [-0.2, -0.15) is 0 Å². The molecule has 0 saturated heterocycles. The summed E-state index contributed by atoms with van der Waals surface area (Å²) in [5, 5.41) is 20.9. The predicted octanol–water partition coefficient (Wildman–Crippen LogP) is 0.435. The number of carboxylic acids is 2. The highest BCUT2D eigenvalue weighted by atomic mass is 16.5. The van der Waals surface area contributed by atoms with E-state index in [0.717, 1.165) is 4.90 Å². The second kappa shape index (κ2) is 7.10. The summed E-state index contributed by atoms with van der Waals surface area (Å²) >= 11 is 0. The number of hydrogen-bond donors (Lipinski definition) is 3. The van der Waals surface area contributed by atoms with Crippen molar-refractivity contribution >= 4 is 17.9 Å². The molecular formula is C15H24N2O6. The number of aliphatic carboxylic acids is 2. The van der Waals surface area contributed by atoms with Gasteiger partial charge in [-0.1, -0.05) is 0 Å². The van der Waals surface area contributed by atoms with Gasteiger partial charge in [-0.15, -0.1) is 0 Å². The van der Waals surface area contributed by atoms with Gasteiger partial charge in [-0.25, -0.2) is 0 Å². The second-order valence-corrected chi connectivity index (χ2v) is 6.92. The molecule has 0 spiro atoms. The fourth-order valence-corrected chi connectivity index (χ4v) is 2.82. The van der Waals surface area contributed by atoms with E-state index in [1.54, 1.807) is 6.08 Å². The van der Waals surface area contributed by atoms with Gasteiger partial charge in [-0.05, 0) is 33.8 Å². The Bertz CT molecular complexity index is 508. The first-order valence-corrected chi connectivity index (χ1v) is 7.26. The van der Waals surface area contributed by atoms with Crippen LogP contribution in [0.3, 0.4) is 0 Å². The van der Waals surface area contributed by atoms with Gasteiger partial charge in [0.05, 0.1) is 19.6 Å². The van der Waals surface area contributed by atoms with Gasteiger partial charge in [0.1, 0.15) is 5.76 Å². The lowest BCUT2D eigenvalue weighted by Crippen LogP contribution is -2.54. The lowest BCUT2D eigenvalue weighted by Gasteiger charge is -2.40. The largest absolute Gasteiger partial charge is 0.480 e. The number of carboxylic acid groups (broad SMARTS) is 2. The van der Waals surface area contributed by atoms with E-state index in [1.807, 2.05) is 27.7 Å². The van der Waals surface area contributed by atoms with Crippen LogP contribution >= 0.6 is 0 Å². The Hall–Kier alpha value is -1.93. The minimum Gasteiger partial charge on any atom is -0.480 e. The lowest BCUT2D eigenvalue weighted by atomic mass is 9.87. The molecule has 8 heteroatoms. The summed E-state index contributed by atoms with van der Waals surface area (Å²) in [4.78, 5) is 34.5. The molecule has 3 N–H and O–H groups in total. The molecule has 0 atom stereocenters. The Kier molecular flexibility index (Phi) is 5.90. The summed E-state index contributed by atoms with van der Waals surface area (Å²) < 4.78 is 5.31. The van der Waals surface area contributed by atoms with E-state index < -0.39 is 37.5 Å². The number of hydrogen-bond acceptors (Lipinski definition) is 6. The molecule has 0 aromatic rings. The third kappa shape index (κ3) is 7.25. The Labute approximate surface area is 135 Å². The van der Waals surface area contributed by atoms with Crippen LogP contribution in [0.25, 0.3) is 0 Å². The SMILES string of the molecule is CC1(C)C=C(OC(=O)CN(CC(=O)O)CC(=O)O)CC(C)(C)N1. The second-order valence-electron chi connectivity index (χ2n) is 6.92. The number of carbonyl (C=O) groups excluding carboxylic acids is 1. The molecule has 0 aromatic heterocycles. The minimum absolute atomic E-state index is 0.254. The first-order valence-electron chi connectivity index (χ1n) is 7.26. The zero-order valence-electron chi connectivity index (χ0n) is 13.9. The summed E-state index contributed by atoms with van der Waals surface area (Å²) in [6.07, 6.45) is 2.30. The van der Waals surface area contributed by atoms with E-state index in [9.17, 15) is 14.4 Å². The Morgan fingerprint density at radius 1 is 1.13 bits per heavy atom. The van der Waals surface area contributed by atoms with E-state index in [0.29, 0.717) is 12.2 Å². The minimum atomic E-state index is -1.21. The average molecular weight is 328 g/mol. The molecule has 1 aliphatic rings. The Balaban J connectivity index is 2.72. The van der Waals surface area contributed by atoms with Crippen LogP contribution in [0, 0.1) is 0 Å². The van der Waals surface area contributed by atoms with Gasteiger partial charge in [-0.3, -0.25) is 19.3 Å². The maximum atomic E-state index is 12.0. The maximum Gasteiger partial charge on any atom is 0.325 e. The molecule has 0 bridgehead atoms. The van der Waals surface area contributed by atoms with Crippen LogP contribution in [-0.2, 0) is 19.1 Å². The molecule has 1 aliphatic heterocycles. The monoisotopic (exact) mass is 328 g/mol. The highest BCUT2D eigenvalue weighted by Crippen LogP contribution is 2.28. The third-order valence-corrected chi connectivity index (χ3v) is 3.11. The van der Waals surface area contributed by atoms with E-state index in [2.05, 4.69) is 5.32 Å². The molecule has 8 nitrogen and oxygen atoms in total. The smallest absolute Gasteiger partial charge is 0.325 e. The van der Waals surface area contributed by atoms with Crippen molar-refractivity contribution in [3.63, 3.8) is 0 Å². The van der Waals surface area contributed by atoms with Crippen LogP contribution in [0.2, 0.25) is 0 Å². The van der Waals surface area contributed by atoms with Crippen LogP contribution in [0.5, 0.6) is 0 Å². The molecule has 23 heavy (non-hydrogen) atoms. The molecule has 0 saturated carbocycles. The van der Waals surface area contributed by atoms with Crippen LogP contribution in [0.4, 0.5) is 0 Å². The Morgan fingerprint density at radius 3 is 2.09 bits per heavy atom. The normalized spacial score (nSPS) is 19.1. The zero-order chi connectivity index (χ0) is 17.8. The molecule has 1 rings (SSSR count). The van der Waals surface area contributed by atoms with Crippen molar-refractivity contribution in [1.29, 1.82) is 0 Å². The van der Waals surface area contributed by atoms with Crippen molar-refractivity contribution in [1.82, 2.24) is 10.2 Å². The summed E-state index contributed by atoms with van der Waals surface area (Å²) in [5.41, 5.74) is -0.602. The summed E-state index contributed by atoms with van der Waals surface area (Å²) in [5.74, 6) is -2.59. The van der Waals surface area contributed by atoms with Crippen LogP contribution < -0.4 is 5.32 Å². The van der Waals surface area contributed by atoms with Gasteiger partial charge < -0.3 is 20.3 Å². The number of nitrogens with zero attached hydrogens (tertiary/aromatic N) is 1. The molecule has 0 aliphatic carbocycles. The number of rotatable bonds is 7. The fourth-order valence-electron chi connectivity index (χ4n) is 2.82. The molecule has 0 aromatic carbocycles. The summed E-state index contributed by atoms with van der Waals surface area (Å²) in [6, 6.07) is 0. The summed E-state index contributed by atoms with van der Waals surface area (Å²) in [6.45, 7) is 6.38. The quantitative estimate of drug-likeness (QED) is 0.576. The van der Waals surface area contributed by atoms with Crippen molar-refractivity contribution in [2.75, 3.05) is 19.6 Å². The maximum absolute atomic E-state index is 12.0. The molecule has 0 unspecified atom stereocenters. The number of carbonyl (C=O) groups is 3. The van der Waals surface area contributed by atoms with E-state index in [4.69, 9.17) is 14.9 Å². The van der Waals surface area contributed by atoms with Crippen molar-refractivity contribution < 1.29 is 29.3 Å². The van der Waals surface area contributed by atoms with Crippen molar-refractivity contribution in [2.45, 2.75) is 45.2 Å². The number of ether oxygens (including phenoxy) is 1. The predicted molar refractivity (Wildman–Crippen MR) is 81.8 cm³/mol. The molecular weight excluding hydrogens is 304 g/mol. The van der Waals surface area contributed by atoms with E-state index in [1.165, 1.54) is 0 Å². The Morgan fingerprint density at radius 2 is 1.65 bits per heavy atom. The molecule has 1 heterocycles. The highest BCUT2D eigenvalue weighted by Gasteiger charge is 2.34. The fraction of sp³-hybridized carbons (Fsp3) is 0.667. The van der Waals surface area contributed by atoms with Gasteiger partial charge in [0.15, 0.2) is 0 Å². The first kappa shape index (κ1) is 19.1. The molecule has 0 radical (unpaired) electrons. The van der Waals surface area contributed by atoms with Crippen molar-refractivity contribution in [2.24, 2.45) is 0 Å². The van der Waals surface area contributed by atoms with E-state index in [-0.39, 0.29) is 11.1 Å². The summed E-state index contributed by atoms with van der Waals surface area (Å²) in [7, 11) is 0. The first-order chi connectivity index (χ1) is 10.4. The topological polar surface area (TPSA) is 116 Å². The lowest BCUT2D eigenvalue weighted by molar-refractivity contribution is -0.146. The van der Waals surface area contributed by atoms with Crippen molar-refractivity contribution in [3.05, 3.63) is 11.8 Å². The van der Waals surface area contributed by atoms with Crippen LogP contribution in [0.1, 0.15) is 34.1 Å². The standard InChI is InChI=1S/C15H24N2O6/c1-14(2)5-10(6-15(3,4)16-14)23-13(22)9-17(7-11(18)19)8-12(20)21/h5,16H,6-9H2,1-4H3,(H,18,19)(H,20,21). The average Bonchev–Trinajstić information content (AvgIpc) is 2.20. The van der Waals surface area contributed by atoms with Crippen LogP contribution in [0.15, 0.2) is 11.8 Å². The highest BCUT2D eigenvalue weighted by molar-refractivity contribution is 5.77. The molecule has 130 valence electrons. The van der Waals surface area contributed by atoms with Gasteiger partial charge in [0.25, 0.3) is 0 Å².